The highest BCUT2D eigenvalue weighted by atomic mass is 16.5. The summed E-state index contributed by atoms with van der Waals surface area (Å²) in [6.45, 7) is 8.07. The third-order valence-electron chi connectivity index (χ3n) is 3.95. The second-order valence-electron chi connectivity index (χ2n) is 7.42. The summed E-state index contributed by atoms with van der Waals surface area (Å²) in [6.07, 6.45) is 2.88. The molecule has 0 aliphatic carbocycles. The molecule has 0 radical (unpaired) electrons. The van der Waals surface area contributed by atoms with Crippen LogP contribution in [0.5, 0.6) is 5.75 Å². The molecule has 1 aromatic heterocycles. The number of aryl methyl sites for hydroxylation is 1. The predicted molar refractivity (Wildman–Crippen MR) is 98.9 cm³/mol. The van der Waals surface area contributed by atoms with Crippen molar-refractivity contribution in [2.24, 2.45) is 5.41 Å². The molecule has 5 nitrogen and oxygen atoms in total. The number of unbranched alkanes of at least 4 members (excludes halogenated alkanes) is 1. The summed E-state index contributed by atoms with van der Waals surface area (Å²) in [6, 6.07) is 5.47. The number of ether oxygens (including phenoxy) is 1. The molecule has 0 saturated carbocycles. The Balaban J connectivity index is 2.48. The van der Waals surface area contributed by atoms with Crippen LogP contribution in [0, 0.1) is 5.41 Å². The van der Waals surface area contributed by atoms with Gasteiger partial charge in [-0.2, -0.15) is 0 Å². The van der Waals surface area contributed by atoms with Crippen LogP contribution < -0.4 is 15.6 Å². The van der Waals surface area contributed by atoms with Crippen molar-refractivity contribution in [1.29, 1.82) is 0 Å². The van der Waals surface area contributed by atoms with Gasteiger partial charge in [-0.05, 0) is 44.0 Å². The third kappa shape index (κ3) is 4.57. The van der Waals surface area contributed by atoms with E-state index in [1.807, 2.05) is 29.8 Å². The highest BCUT2D eigenvalue weighted by molar-refractivity contribution is 5.79. The molecule has 0 amide bonds. The van der Waals surface area contributed by atoms with Crippen molar-refractivity contribution < 1.29 is 4.74 Å². The summed E-state index contributed by atoms with van der Waals surface area (Å²) < 4.78 is 7.12. The first-order valence-corrected chi connectivity index (χ1v) is 8.58. The molecule has 5 heteroatoms. The number of benzene rings is 1. The van der Waals surface area contributed by atoms with Gasteiger partial charge < -0.3 is 10.1 Å². The molecule has 0 bridgehead atoms. The molecular weight excluding hydrogens is 302 g/mol. The molecular formula is C19H29N3O2. The number of aromatic nitrogens is 2. The zero-order chi connectivity index (χ0) is 17.7. The fourth-order valence-electron chi connectivity index (χ4n) is 2.79. The van der Waals surface area contributed by atoms with Crippen molar-refractivity contribution in [3.05, 3.63) is 34.4 Å². The van der Waals surface area contributed by atoms with Crippen molar-refractivity contribution in [2.45, 2.75) is 46.6 Å². The van der Waals surface area contributed by atoms with Crippen molar-refractivity contribution in [1.82, 2.24) is 14.9 Å². The van der Waals surface area contributed by atoms with Crippen molar-refractivity contribution >= 4 is 10.9 Å². The number of fused-ring (bicyclic) bond motifs is 1. The van der Waals surface area contributed by atoms with E-state index in [1.165, 1.54) is 0 Å². The lowest BCUT2D eigenvalue weighted by Gasteiger charge is -2.22. The van der Waals surface area contributed by atoms with Gasteiger partial charge in [-0.1, -0.05) is 20.8 Å². The average molecular weight is 331 g/mol. The topological polar surface area (TPSA) is 56.2 Å². The Morgan fingerprint density at radius 2 is 2.00 bits per heavy atom. The molecule has 2 aromatic rings. The monoisotopic (exact) mass is 331 g/mol. The molecule has 1 aromatic carbocycles. The van der Waals surface area contributed by atoms with Gasteiger partial charge in [-0.25, -0.2) is 4.98 Å². The fourth-order valence-corrected chi connectivity index (χ4v) is 2.79. The number of nitrogens with zero attached hydrogens (tertiary/aromatic N) is 2. The smallest absolute Gasteiger partial charge is 0.261 e. The van der Waals surface area contributed by atoms with E-state index < -0.39 is 0 Å². The number of nitrogens with one attached hydrogen (secondary N) is 1. The summed E-state index contributed by atoms with van der Waals surface area (Å²) in [5.41, 5.74) is 0.778. The molecule has 0 unspecified atom stereocenters. The molecule has 0 aliphatic rings. The first-order chi connectivity index (χ1) is 11.4. The van der Waals surface area contributed by atoms with Gasteiger partial charge in [0.25, 0.3) is 5.56 Å². The highest BCUT2D eigenvalue weighted by Gasteiger charge is 2.18. The minimum absolute atomic E-state index is 0.0192. The highest BCUT2D eigenvalue weighted by Crippen LogP contribution is 2.20. The Labute approximate surface area is 144 Å². The van der Waals surface area contributed by atoms with Crippen LogP contribution in [0.2, 0.25) is 0 Å². The van der Waals surface area contributed by atoms with E-state index in [0.717, 1.165) is 37.4 Å². The quantitative estimate of drug-likeness (QED) is 0.793. The lowest BCUT2D eigenvalue weighted by Crippen LogP contribution is -2.30. The standard InChI is InChI=1S/C19H29N3O2/c1-19(2,3)13-22-17(8-6-7-11-20-4)21-16-12-14(24-5)9-10-15(16)18(22)23/h9-10,12,20H,6-8,11,13H2,1-5H3. The summed E-state index contributed by atoms with van der Waals surface area (Å²) in [7, 11) is 3.58. The maximum Gasteiger partial charge on any atom is 0.261 e. The number of hydrogen-bond donors (Lipinski definition) is 1. The summed E-state index contributed by atoms with van der Waals surface area (Å²) in [4.78, 5) is 17.8. The first kappa shape index (κ1) is 18.5. The molecule has 1 N–H and O–H groups in total. The largest absolute Gasteiger partial charge is 0.497 e. The van der Waals surface area contributed by atoms with Crippen LogP contribution in [0.25, 0.3) is 10.9 Å². The van der Waals surface area contributed by atoms with Crippen LogP contribution >= 0.6 is 0 Å². The van der Waals surface area contributed by atoms with Gasteiger partial charge >= 0.3 is 0 Å². The van der Waals surface area contributed by atoms with Crippen molar-refractivity contribution in [3.8, 4) is 5.75 Å². The molecule has 132 valence electrons. The van der Waals surface area contributed by atoms with Crippen LogP contribution in [-0.2, 0) is 13.0 Å². The Hall–Kier alpha value is -1.88. The minimum atomic E-state index is 0.0192. The summed E-state index contributed by atoms with van der Waals surface area (Å²) in [5.74, 6) is 1.59. The van der Waals surface area contributed by atoms with E-state index in [9.17, 15) is 4.79 Å². The van der Waals surface area contributed by atoms with E-state index in [2.05, 4.69) is 26.1 Å². The molecule has 2 rings (SSSR count). The van der Waals surface area contributed by atoms with Gasteiger partial charge in [0, 0.05) is 19.0 Å². The minimum Gasteiger partial charge on any atom is -0.497 e. The predicted octanol–water partition coefficient (Wildman–Crippen LogP) is 2.99. The molecule has 0 aliphatic heterocycles. The average Bonchev–Trinajstić information content (AvgIpc) is 2.53. The third-order valence-corrected chi connectivity index (χ3v) is 3.95. The van der Waals surface area contributed by atoms with Gasteiger partial charge in [-0.15, -0.1) is 0 Å². The van der Waals surface area contributed by atoms with Crippen LogP contribution in [0.1, 0.15) is 39.4 Å². The van der Waals surface area contributed by atoms with Crippen LogP contribution in [0.3, 0.4) is 0 Å². The lowest BCUT2D eigenvalue weighted by molar-refractivity contribution is 0.330. The Kier molecular flexibility index (Phi) is 5.99. The second-order valence-corrected chi connectivity index (χ2v) is 7.42. The van der Waals surface area contributed by atoms with Crippen LogP contribution in [0.15, 0.2) is 23.0 Å². The molecule has 0 fully saturated rings. The Bertz CT molecular complexity index is 745. The second kappa shape index (κ2) is 7.79. The fraction of sp³-hybridized carbons (Fsp3) is 0.579. The lowest BCUT2D eigenvalue weighted by atomic mass is 9.96. The van der Waals surface area contributed by atoms with Gasteiger partial charge in [-0.3, -0.25) is 9.36 Å². The number of rotatable bonds is 7. The normalized spacial score (nSPS) is 11.9. The maximum absolute atomic E-state index is 13.0. The van der Waals surface area contributed by atoms with Crippen LogP contribution in [-0.4, -0.2) is 30.3 Å². The number of hydrogen-bond acceptors (Lipinski definition) is 4. The zero-order valence-electron chi connectivity index (χ0n) is 15.5. The zero-order valence-corrected chi connectivity index (χ0v) is 15.5. The van der Waals surface area contributed by atoms with E-state index in [4.69, 9.17) is 9.72 Å². The molecule has 0 spiro atoms. The summed E-state index contributed by atoms with van der Waals surface area (Å²) >= 11 is 0. The van der Waals surface area contributed by atoms with E-state index in [0.29, 0.717) is 17.4 Å². The van der Waals surface area contributed by atoms with Crippen molar-refractivity contribution in [2.75, 3.05) is 20.7 Å². The first-order valence-electron chi connectivity index (χ1n) is 8.58. The van der Waals surface area contributed by atoms with Crippen molar-refractivity contribution in [3.63, 3.8) is 0 Å². The van der Waals surface area contributed by atoms with Crippen LogP contribution in [0.4, 0.5) is 0 Å². The van der Waals surface area contributed by atoms with Gasteiger partial charge in [0.1, 0.15) is 11.6 Å². The Morgan fingerprint density at radius 3 is 2.62 bits per heavy atom. The summed E-state index contributed by atoms with van der Waals surface area (Å²) in [5, 5.41) is 3.81. The molecule has 24 heavy (non-hydrogen) atoms. The van der Waals surface area contributed by atoms with E-state index in [1.54, 1.807) is 7.11 Å². The van der Waals surface area contributed by atoms with E-state index >= 15 is 0 Å². The van der Waals surface area contributed by atoms with Gasteiger partial charge in [0.15, 0.2) is 0 Å². The molecule has 1 heterocycles. The molecule has 0 atom stereocenters. The number of methoxy groups -OCH3 is 1. The molecule has 0 saturated heterocycles. The van der Waals surface area contributed by atoms with Gasteiger partial charge in [0.2, 0.25) is 0 Å². The Morgan fingerprint density at radius 1 is 1.25 bits per heavy atom. The van der Waals surface area contributed by atoms with E-state index in [-0.39, 0.29) is 11.0 Å². The maximum atomic E-state index is 13.0. The SMILES string of the molecule is CNCCCCc1nc2cc(OC)ccc2c(=O)n1CC(C)(C)C. The van der Waals surface area contributed by atoms with Gasteiger partial charge in [0.05, 0.1) is 18.0 Å².